The summed E-state index contributed by atoms with van der Waals surface area (Å²) in [7, 11) is 1.96. The molecule has 1 aliphatic rings. The fraction of sp³-hybridized carbons (Fsp3) is 0.750. The molecule has 1 amide bonds. The number of hydrogen-bond donors (Lipinski definition) is 1. The first-order chi connectivity index (χ1) is 8.39. The third-order valence-electron chi connectivity index (χ3n) is 3.38. The predicted molar refractivity (Wildman–Crippen MR) is 67.7 cm³/mol. The van der Waals surface area contributed by atoms with Crippen LogP contribution in [0.15, 0.2) is 6.33 Å². The van der Waals surface area contributed by atoms with E-state index in [-0.39, 0.29) is 17.5 Å². The first-order valence-electron chi connectivity index (χ1n) is 6.25. The van der Waals surface area contributed by atoms with E-state index in [1.165, 1.54) is 6.33 Å². The summed E-state index contributed by atoms with van der Waals surface area (Å²) in [6.45, 7) is 7.67. The maximum atomic E-state index is 12.4. The SMILES string of the molecule is CN(Cc1ncn[nH]1)[C@H]1CCN(C(C)(C)C)C1=O. The van der Waals surface area contributed by atoms with Gasteiger partial charge in [0.2, 0.25) is 5.91 Å². The molecule has 1 fully saturated rings. The van der Waals surface area contributed by atoms with Gasteiger partial charge in [0.25, 0.3) is 0 Å². The second-order valence-electron chi connectivity index (χ2n) is 5.81. The van der Waals surface area contributed by atoms with Gasteiger partial charge in [0.1, 0.15) is 12.2 Å². The van der Waals surface area contributed by atoms with Gasteiger partial charge in [0.05, 0.1) is 12.6 Å². The van der Waals surface area contributed by atoms with E-state index < -0.39 is 0 Å². The number of carbonyl (C=O) groups excluding carboxylic acids is 1. The molecule has 0 spiro atoms. The van der Waals surface area contributed by atoms with E-state index in [0.29, 0.717) is 6.54 Å². The van der Waals surface area contributed by atoms with Crippen molar-refractivity contribution in [2.45, 2.75) is 45.3 Å². The van der Waals surface area contributed by atoms with Crippen molar-refractivity contribution in [3.8, 4) is 0 Å². The Labute approximate surface area is 107 Å². The number of aromatic nitrogens is 3. The van der Waals surface area contributed by atoms with Crippen molar-refractivity contribution >= 4 is 5.91 Å². The summed E-state index contributed by atoms with van der Waals surface area (Å²) in [5.41, 5.74) is -0.0983. The van der Waals surface area contributed by atoms with Gasteiger partial charge in [-0.3, -0.25) is 14.8 Å². The maximum absolute atomic E-state index is 12.4. The van der Waals surface area contributed by atoms with Crippen LogP contribution in [0.1, 0.15) is 33.0 Å². The van der Waals surface area contributed by atoms with Gasteiger partial charge in [-0.15, -0.1) is 0 Å². The van der Waals surface area contributed by atoms with Gasteiger partial charge in [-0.2, -0.15) is 5.10 Å². The van der Waals surface area contributed by atoms with E-state index in [0.717, 1.165) is 18.8 Å². The summed E-state index contributed by atoms with van der Waals surface area (Å²) in [5, 5.41) is 6.64. The Morgan fingerprint density at radius 3 is 2.78 bits per heavy atom. The number of carbonyl (C=O) groups is 1. The largest absolute Gasteiger partial charge is 0.336 e. The molecule has 1 atom stereocenters. The third-order valence-corrected chi connectivity index (χ3v) is 3.38. The smallest absolute Gasteiger partial charge is 0.240 e. The minimum Gasteiger partial charge on any atom is -0.336 e. The van der Waals surface area contributed by atoms with Crippen molar-refractivity contribution in [3.05, 3.63) is 12.2 Å². The molecule has 1 aromatic heterocycles. The molecule has 0 aliphatic carbocycles. The highest BCUT2D eigenvalue weighted by atomic mass is 16.2. The number of likely N-dealkylation sites (N-methyl/N-ethyl adjacent to an activating group) is 1. The lowest BCUT2D eigenvalue weighted by molar-refractivity contribution is -0.135. The zero-order chi connectivity index (χ0) is 13.3. The summed E-state index contributed by atoms with van der Waals surface area (Å²) >= 11 is 0. The van der Waals surface area contributed by atoms with Crippen LogP contribution in [0.5, 0.6) is 0 Å². The molecule has 0 aromatic carbocycles. The van der Waals surface area contributed by atoms with Gasteiger partial charge in [-0.05, 0) is 34.2 Å². The van der Waals surface area contributed by atoms with Crippen molar-refractivity contribution in [2.75, 3.05) is 13.6 Å². The number of nitrogens with one attached hydrogen (secondary N) is 1. The second-order valence-corrected chi connectivity index (χ2v) is 5.81. The maximum Gasteiger partial charge on any atom is 0.240 e. The van der Waals surface area contributed by atoms with Crippen LogP contribution in [0.4, 0.5) is 0 Å². The average molecular weight is 251 g/mol. The topological polar surface area (TPSA) is 65.1 Å². The van der Waals surface area contributed by atoms with Crippen molar-refractivity contribution in [1.29, 1.82) is 0 Å². The van der Waals surface area contributed by atoms with Gasteiger partial charge in [-0.1, -0.05) is 0 Å². The Morgan fingerprint density at radius 1 is 1.56 bits per heavy atom. The highest BCUT2D eigenvalue weighted by molar-refractivity contribution is 5.84. The van der Waals surface area contributed by atoms with Crippen molar-refractivity contribution in [3.63, 3.8) is 0 Å². The minimum absolute atomic E-state index is 0.0469. The molecular formula is C12H21N5O. The second kappa shape index (κ2) is 4.68. The Hall–Kier alpha value is -1.43. The summed E-state index contributed by atoms with van der Waals surface area (Å²) in [6, 6.07) is -0.0469. The lowest BCUT2D eigenvalue weighted by atomic mass is 10.1. The Morgan fingerprint density at radius 2 is 2.28 bits per heavy atom. The third kappa shape index (κ3) is 2.53. The zero-order valence-corrected chi connectivity index (χ0v) is 11.5. The van der Waals surface area contributed by atoms with Crippen LogP contribution >= 0.6 is 0 Å². The van der Waals surface area contributed by atoms with E-state index >= 15 is 0 Å². The van der Waals surface area contributed by atoms with Gasteiger partial charge in [-0.25, -0.2) is 4.98 Å². The highest BCUT2D eigenvalue weighted by Gasteiger charge is 2.39. The number of likely N-dealkylation sites (tertiary alicyclic amines) is 1. The van der Waals surface area contributed by atoms with Crippen LogP contribution in [0.3, 0.4) is 0 Å². The van der Waals surface area contributed by atoms with E-state index in [4.69, 9.17) is 0 Å². The van der Waals surface area contributed by atoms with Crippen LogP contribution in [-0.2, 0) is 11.3 Å². The molecule has 0 radical (unpaired) electrons. The molecule has 6 heteroatoms. The molecule has 0 unspecified atom stereocenters. The molecule has 0 saturated carbocycles. The van der Waals surface area contributed by atoms with Gasteiger partial charge >= 0.3 is 0 Å². The van der Waals surface area contributed by atoms with Crippen LogP contribution in [0.25, 0.3) is 0 Å². The number of aromatic amines is 1. The summed E-state index contributed by atoms with van der Waals surface area (Å²) in [6.07, 6.45) is 2.36. The van der Waals surface area contributed by atoms with Crippen molar-refractivity contribution in [1.82, 2.24) is 25.0 Å². The fourth-order valence-corrected chi connectivity index (χ4v) is 2.39. The predicted octanol–water partition coefficient (Wildman–Crippen LogP) is 0.636. The molecular weight excluding hydrogens is 230 g/mol. The molecule has 1 aliphatic heterocycles. The lowest BCUT2D eigenvalue weighted by Gasteiger charge is -2.32. The van der Waals surface area contributed by atoms with E-state index in [1.807, 2.05) is 16.8 Å². The van der Waals surface area contributed by atoms with E-state index in [9.17, 15) is 4.79 Å². The molecule has 1 N–H and O–H groups in total. The van der Waals surface area contributed by atoms with E-state index in [1.54, 1.807) is 0 Å². The Balaban J connectivity index is 2.00. The molecule has 0 bridgehead atoms. The first-order valence-corrected chi connectivity index (χ1v) is 6.25. The monoisotopic (exact) mass is 251 g/mol. The highest BCUT2D eigenvalue weighted by Crippen LogP contribution is 2.24. The van der Waals surface area contributed by atoms with Crippen molar-refractivity contribution < 1.29 is 4.79 Å². The summed E-state index contributed by atoms with van der Waals surface area (Å²) in [5.74, 6) is 1.00. The molecule has 1 aromatic rings. The molecule has 100 valence electrons. The minimum atomic E-state index is -0.0983. The molecule has 18 heavy (non-hydrogen) atoms. The fourth-order valence-electron chi connectivity index (χ4n) is 2.39. The molecule has 2 heterocycles. The summed E-state index contributed by atoms with van der Waals surface area (Å²) in [4.78, 5) is 20.4. The molecule has 2 rings (SSSR count). The van der Waals surface area contributed by atoms with Gasteiger partial charge < -0.3 is 4.90 Å². The normalized spacial score (nSPS) is 21.1. The number of H-pyrrole nitrogens is 1. The average Bonchev–Trinajstić information content (AvgIpc) is 2.85. The number of amides is 1. The van der Waals surface area contributed by atoms with Crippen LogP contribution in [0, 0.1) is 0 Å². The standard InChI is InChI=1S/C12H21N5O/c1-12(2,3)17-6-5-9(11(17)18)16(4)7-10-13-8-14-15-10/h8-9H,5-7H2,1-4H3,(H,13,14,15)/t9-/m0/s1. The number of nitrogens with zero attached hydrogens (tertiary/aromatic N) is 4. The van der Waals surface area contributed by atoms with Crippen molar-refractivity contribution in [2.24, 2.45) is 0 Å². The summed E-state index contributed by atoms with van der Waals surface area (Å²) < 4.78 is 0. The van der Waals surface area contributed by atoms with Crippen LogP contribution < -0.4 is 0 Å². The first kappa shape index (κ1) is 13.0. The van der Waals surface area contributed by atoms with Gasteiger partial charge in [0.15, 0.2) is 0 Å². The zero-order valence-electron chi connectivity index (χ0n) is 11.5. The number of hydrogen-bond acceptors (Lipinski definition) is 4. The van der Waals surface area contributed by atoms with E-state index in [2.05, 4.69) is 36.0 Å². The number of rotatable bonds is 3. The van der Waals surface area contributed by atoms with Gasteiger partial charge in [0, 0.05) is 12.1 Å². The molecule has 1 saturated heterocycles. The Kier molecular flexibility index (Phi) is 3.38. The Bertz CT molecular complexity index is 409. The quantitative estimate of drug-likeness (QED) is 0.856. The molecule has 6 nitrogen and oxygen atoms in total. The van der Waals surface area contributed by atoms with Crippen LogP contribution in [-0.4, -0.2) is 56.1 Å². The van der Waals surface area contributed by atoms with Crippen LogP contribution in [0.2, 0.25) is 0 Å². The lowest BCUT2D eigenvalue weighted by Crippen LogP contribution is -2.46.